The average molecular weight is 227 g/mol. The van der Waals surface area contributed by atoms with Crippen LogP contribution in [0, 0.1) is 10.1 Å². The Morgan fingerprint density at radius 1 is 1.69 bits per heavy atom. The highest BCUT2D eigenvalue weighted by Crippen LogP contribution is 2.28. The number of nitrogens with zero attached hydrogens (tertiary/aromatic N) is 3. The molecule has 0 saturated carbocycles. The number of hydrogen-bond acceptors (Lipinski definition) is 5. The average Bonchev–Trinajstić information content (AvgIpc) is 2.51. The topological polar surface area (TPSA) is 99.0 Å². The van der Waals surface area contributed by atoms with Crippen LogP contribution in [-0.2, 0) is 13.5 Å². The van der Waals surface area contributed by atoms with Crippen LogP contribution >= 0.6 is 0 Å². The van der Waals surface area contributed by atoms with Crippen molar-refractivity contribution in [3.05, 3.63) is 15.8 Å². The molecule has 0 aliphatic heterocycles. The van der Waals surface area contributed by atoms with E-state index in [0.717, 1.165) is 0 Å². The molecule has 0 aromatic carbocycles. The van der Waals surface area contributed by atoms with E-state index < -0.39 is 4.92 Å². The van der Waals surface area contributed by atoms with Crippen molar-refractivity contribution in [3.63, 3.8) is 0 Å². The van der Waals surface area contributed by atoms with Gasteiger partial charge in [0.2, 0.25) is 5.82 Å². The van der Waals surface area contributed by atoms with Crippen molar-refractivity contribution in [2.75, 3.05) is 11.9 Å². The number of rotatable bonds is 5. The molecule has 1 heterocycles. The van der Waals surface area contributed by atoms with Crippen LogP contribution in [0.15, 0.2) is 0 Å². The van der Waals surface area contributed by atoms with E-state index >= 15 is 0 Å². The molecule has 7 nitrogen and oxygen atoms in total. The first-order valence-corrected chi connectivity index (χ1v) is 5.17. The number of aryl methyl sites for hydroxylation is 2. The van der Waals surface area contributed by atoms with Crippen LogP contribution in [0.4, 0.5) is 11.5 Å². The smallest absolute Gasteiger partial charge is 0.333 e. The van der Waals surface area contributed by atoms with Gasteiger partial charge in [-0.1, -0.05) is 6.92 Å². The molecule has 1 atom stereocenters. The summed E-state index contributed by atoms with van der Waals surface area (Å²) in [6.07, 6.45) is 0.532. The van der Waals surface area contributed by atoms with Gasteiger partial charge in [0.15, 0.2) is 0 Å². The van der Waals surface area contributed by atoms with E-state index in [4.69, 9.17) is 5.73 Å². The van der Waals surface area contributed by atoms with Gasteiger partial charge in [0.1, 0.15) is 5.69 Å². The Morgan fingerprint density at radius 2 is 2.31 bits per heavy atom. The van der Waals surface area contributed by atoms with Gasteiger partial charge in [-0.3, -0.25) is 10.1 Å². The van der Waals surface area contributed by atoms with Gasteiger partial charge in [-0.25, -0.2) is 4.68 Å². The number of aromatic nitrogens is 2. The summed E-state index contributed by atoms with van der Waals surface area (Å²) in [4.78, 5) is 10.5. The molecule has 3 N–H and O–H groups in total. The molecule has 90 valence electrons. The van der Waals surface area contributed by atoms with Crippen molar-refractivity contribution >= 4 is 11.5 Å². The molecule has 0 aliphatic carbocycles. The fourth-order valence-corrected chi connectivity index (χ4v) is 1.45. The fraction of sp³-hybridized carbons (Fsp3) is 0.667. The highest BCUT2D eigenvalue weighted by atomic mass is 16.6. The number of nitro groups is 1. The predicted octanol–water partition coefficient (Wildman–Crippen LogP) is 0.650. The third kappa shape index (κ3) is 2.48. The number of nitrogens with two attached hydrogens (primary N) is 1. The van der Waals surface area contributed by atoms with Crippen LogP contribution in [0.1, 0.15) is 19.5 Å². The van der Waals surface area contributed by atoms with Crippen molar-refractivity contribution in [1.29, 1.82) is 0 Å². The van der Waals surface area contributed by atoms with Crippen molar-refractivity contribution < 1.29 is 4.92 Å². The Labute approximate surface area is 93.8 Å². The van der Waals surface area contributed by atoms with Crippen LogP contribution in [0.25, 0.3) is 0 Å². The highest BCUT2D eigenvalue weighted by Gasteiger charge is 2.25. The van der Waals surface area contributed by atoms with Gasteiger partial charge in [0.05, 0.1) is 4.92 Å². The van der Waals surface area contributed by atoms with Gasteiger partial charge in [0.25, 0.3) is 0 Å². The largest absolute Gasteiger partial charge is 0.363 e. The Balaban J connectivity index is 3.05. The minimum absolute atomic E-state index is 0.0469. The first-order chi connectivity index (χ1) is 7.47. The van der Waals surface area contributed by atoms with Crippen LogP contribution in [0.5, 0.6) is 0 Å². The number of hydrogen-bond donors (Lipinski definition) is 2. The summed E-state index contributed by atoms with van der Waals surface area (Å²) in [5.41, 5.74) is 6.13. The summed E-state index contributed by atoms with van der Waals surface area (Å²) in [6.45, 7) is 4.14. The summed E-state index contributed by atoms with van der Waals surface area (Å²) in [5, 5.41) is 18.0. The molecule has 7 heteroatoms. The maximum atomic E-state index is 10.9. The zero-order chi connectivity index (χ0) is 12.3. The lowest BCUT2D eigenvalue weighted by Crippen LogP contribution is -2.26. The highest BCUT2D eigenvalue weighted by molar-refractivity contribution is 5.59. The van der Waals surface area contributed by atoms with Crippen molar-refractivity contribution in [3.8, 4) is 0 Å². The van der Waals surface area contributed by atoms with Gasteiger partial charge in [-0.2, -0.15) is 5.10 Å². The van der Waals surface area contributed by atoms with Crippen LogP contribution in [-0.4, -0.2) is 27.3 Å². The lowest BCUT2D eigenvalue weighted by atomic mass is 10.3. The summed E-state index contributed by atoms with van der Waals surface area (Å²) < 4.78 is 1.49. The van der Waals surface area contributed by atoms with Crippen molar-refractivity contribution in [1.82, 2.24) is 9.78 Å². The summed E-state index contributed by atoms with van der Waals surface area (Å²) in [5.74, 6) is 0.416. The molecule has 1 aromatic heterocycles. The number of anilines is 1. The SMILES string of the molecule is CCc1nn(C)c(NCC(C)N)c1[N+](=O)[O-]. The second-order valence-corrected chi connectivity index (χ2v) is 3.74. The Bertz CT molecular complexity index is 385. The number of nitrogens with one attached hydrogen (secondary N) is 1. The van der Waals surface area contributed by atoms with Gasteiger partial charge in [0, 0.05) is 19.6 Å². The lowest BCUT2D eigenvalue weighted by molar-refractivity contribution is -0.384. The molecule has 0 saturated heterocycles. The molecule has 0 radical (unpaired) electrons. The molecule has 0 aliphatic rings. The second kappa shape index (κ2) is 4.93. The fourth-order valence-electron chi connectivity index (χ4n) is 1.45. The molecule has 1 unspecified atom stereocenters. The van der Waals surface area contributed by atoms with Crippen LogP contribution in [0.2, 0.25) is 0 Å². The predicted molar refractivity (Wildman–Crippen MR) is 61.4 cm³/mol. The van der Waals surface area contributed by atoms with Gasteiger partial charge in [-0.05, 0) is 13.3 Å². The molecular weight excluding hydrogens is 210 g/mol. The molecule has 0 fully saturated rings. The van der Waals surface area contributed by atoms with Crippen LogP contribution in [0.3, 0.4) is 0 Å². The van der Waals surface area contributed by atoms with E-state index in [0.29, 0.717) is 24.5 Å². The van der Waals surface area contributed by atoms with Crippen LogP contribution < -0.4 is 11.1 Å². The normalized spacial score (nSPS) is 12.5. The molecule has 1 aromatic rings. The van der Waals surface area contributed by atoms with E-state index in [2.05, 4.69) is 10.4 Å². The van der Waals surface area contributed by atoms with Gasteiger partial charge >= 0.3 is 5.69 Å². The van der Waals surface area contributed by atoms with E-state index in [1.54, 1.807) is 7.05 Å². The Kier molecular flexibility index (Phi) is 3.83. The second-order valence-electron chi connectivity index (χ2n) is 3.74. The van der Waals surface area contributed by atoms with E-state index in [1.807, 2.05) is 13.8 Å². The summed E-state index contributed by atoms with van der Waals surface area (Å²) in [7, 11) is 1.68. The minimum atomic E-state index is -0.407. The molecule has 1 rings (SSSR count). The first kappa shape index (κ1) is 12.4. The zero-order valence-corrected chi connectivity index (χ0v) is 9.73. The van der Waals surface area contributed by atoms with E-state index in [1.165, 1.54) is 4.68 Å². The monoisotopic (exact) mass is 227 g/mol. The van der Waals surface area contributed by atoms with Crippen molar-refractivity contribution in [2.45, 2.75) is 26.3 Å². The Hall–Kier alpha value is -1.63. The quantitative estimate of drug-likeness (QED) is 0.568. The minimum Gasteiger partial charge on any atom is -0.363 e. The zero-order valence-electron chi connectivity index (χ0n) is 9.73. The maximum Gasteiger partial charge on any atom is 0.333 e. The third-order valence-corrected chi connectivity index (χ3v) is 2.20. The van der Waals surface area contributed by atoms with Crippen molar-refractivity contribution in [2.24, 2.45) is 12.8 Å². The molecular formula is C9H17N5O2. The Morgan fingerprint density at radius 3 is 2.75 bits per heavy atom. The molecule has 16 heavy (non-hydrogen) atoms. The summed E-state index contributed by atoms with van der Waals surface area (Å²) in [6, 6.07) is -0.0698. The lowest BCUT2D eigenvalue weighted by Gasteiger charge is -2.08. The standard InChI is InChI=1S/C9H17N5O2/c1-4-7-8(14(15)16)9(13(3)12-7)11-5-6(2)10/h6,11H,4-5,10H2,1-3H3. The summed E-state index contributed by atoms with van der Waals surface area (Å²) >= 11 is 0. The van der Waals surface area contributed by atoms with E-state index in [9.17, 15) is 10.1 Å². The third-order valence-electron chi connectivity index (χ3n) is 2.20. The van der Waals surface area contributed by atoms with E-state index in [-0.39, 0.29) is 11.7 Å². The molecule has 0 bridgehead atoms. The molecule has 0 amide bonds. The maximum absolute atomic E-state index is 10.9. The van der Waals surface area contributed by atoms with Gasteiger partial charge in [-0.15, -0.1) is 0 Å². The first-order valence-electron chi connectivity index (χ1n) is 5.17. The van der Waals surface area contributed by atoms with Gasteiger partial charge < -0.3 is 11.1 Å². The molecule has 0 spiro atoms.